The molecule has 0 spiro atoms. The van der Waals surface area contributed by atoms with Gasteiger partial charge in [-0.05, 0) is 27.4 Å². The van der Waals surface area contributed by atoms with Crippen molar-refractivity contribution in [1.82, 2.24) is 4.90 Å². The first kappa shape index (κ1) is 8.41. The molecule has 0 aromatic heterocycles. The van der Waals surface area contributed by atoms with Crippen LogP contribution in [0.25, 0.3) is 0 Å². The predicted octanol–water partition coefficient (Wildman–Crippen LogP) is 0.716. The summed E-state index contributed by atoms with van der Waals surface area (Å²) in [7, 11) is 3.97. The fourth-order valence-electron chi connectivity index (χ4n) is 0.442. The van der Waals surface area contributed by atoms with Crippen molar-refractivity contribution in [2.24, 2.45) is 0 Å². The van der Waals surface area contributed by atoms with Crippen LogP contribution in [0.15, 0.2) is 5.57 Å². The highest BCUT2D eigenvalue weighted by Gasteiger charge is 1.91. The first-order valence-electron chi connectivity index (χ1n) is 3.02. The summed E-state index contributed by atoms with van der Waals surface area (Å²) in [6, 6.07) is 0. The van der Waals surface area contributed by atoms with E-state index in [4.69, 9.17) is 0 Å². The van der Waals surface area contributed by atoms with Crippen molar-refractivity contribution >= 4 is 5.94 Å². The maximum absolute atomic E-state index is 9.94. The van der Waals surface area contributed by atoms with Crippen LogP contribution >= 0.6 is 0 Å². The minimum Gasteiger partial charge on any atom is -0.309 e. The second kappa shape index (κ2) is 4.30. The van der Waals surface area contributed by atoms with Crippen LogP contribution in [0, 0.1) is 0 Å². The summed E-state index contributed by atoms with van der Waals surface area (Å²) in [5.74, 6) is 1.86. The molecule has 0 aliphatic heterocycles. The maximum Gasteiger partial charge on any atom is 0.123 e. The second-order valence-corrected chi connectivity index (χ2v) is 2.44. The molecule has 2 heteroatoms. The van der Waals surface area contributed by atoms with Gasteiger partial charge in [-0.25, -0.2) is 4.79 Å². The zero-order valence-corrected chi connectivity index (χ0v) is 6.27. The van der Waals surface area contributed by atoms with E-state index in [9.17, 15) is 4.79 Å². The number of nitrogens with zero attached hydrogens (tertiary/aromatic N) is 1. The van der Waals surface area contributed by atoms with E-state index in [-0.39, 0.29) is 0 Å². The molecule has 0 amide bonds. The van der Waals surface area contributed by atoms with Crippen LogP contribution in [-0.2, 0) is 4.79 Å². The summed E-state index contributed by atoms with van der Waals surface area (Å²) in [5.41, 5.74) is 0.795. The highest BCUT2D eigenvalue weighted by Crippen LogP contribution is 1.93. The molecular weight excluding hydrogens is 114 g/mol. The quantitative estimate of drug-likeness (QED) is 0.520. The lowest BCUT2D eigenvalue weighted by atomic mass is 10.2. The fourth-order valence-corrected chi connectivity index (χ4v) is 0.442. The van der Waals surface area contributed by atoms with Crippen LogP contribution in [0.2, 0.25) is 0 Å². The van der Waals surface area contributed by atoms with Gasteiger partial charge in [0.2, 0.25) is 0 Å². The molecule has 0 aliphatic rings. The van der Waals surface area contributed by atoms with Gasteiger partial charge in [-0.3, -0.25) is 0 Å². The molecule has 0 radical (unpaired) electrons. The van der Waals surface area contributed by atoms with E-state index in [1.54, 1.807) is 6.92 Å². The average molecular weight is 127 g/mol. The van der Waals surface area contributed by atoms with E-state index in [2.05, 4.69) is 0 Å². The van der Waals surface area contributed by atoms with Crippen molar-refractivity contribution in [2.75, 3.05) is 20.6 Å². The lowest BCUT2D eigenvalue weighted by Crippen LogP contribution is -2.13. The van der Waals surface area contributed by atoms with E-state index in [0.717, 1.165) is 18.5 Å². The monoisotopic (exact) mass is 127 g/mol. The van der Waals surface area contributed by atoms with Crippen LogP contribution in [-0.4, -0.2) is 31.5 Å². The zero-order chi connectivity index (χ0) is 7.28. The predicted molar refractivity (Wildman–Crippen MR) is 38.1 cm³/mol. The Balaban J connectivity index is 3.40. The fraction of sp³-hybridized carbons (Fsp3) is 0.714. The van der Waals surface area contributed by atoms with Crippen molar-refractivity contribution in [3.8, 4) is 0 Å². The molecule has 0 heterocycles. The molecule has 0 bridgehead atoms. The molecule has 0 aliphatic carbocycles. The van der Waals surface area contributed by atoms with Crippen LogP contribution in [0.5, 0.6) is 0 Å². The van der Waals surface area contributed by atoms with Gasteiger partial charge in [-0.2, -0.15) is 0 Å². The number of rotatable bonds is 3. The lowest BCUT2D eigenvalue weighted by molar-refractivity contribution is 0.413. The maximum atomic E-state index is 9.94. The van der Waals surface area contributed by atoms with E-state index in [1.165, 1.54) is 0 Å². The molecule has 0 aromatic rings. The third-order valence-electron chi connectivity index (χ3n) is 1.11. The Morgan fingerprint density at radius 1 is 1.56 bits per heavy atom. The molecule has 0 aromatic carbocycles. The molecule has 0 unspecified atom stereocenters. The Morgan fingerprint density at radius 2 is 2.11 bits per heavy atom. The summed E-state index contributed by atoms with van der Waals surface area (Å²) in [4.78, 5) is 12.0. The Labute approximate surface area is 56.2 Å². The first-order chi connectivity index (χ1) is 4.16. The molecule has 2 nitrogen and oxygen atoms in total. The summed E-state index contributed by atoms with van der Waals surface area (Å²) >= 11 is 0. The van der Waals surface area contributed by atoms with E-state index in [0.29, 0.717) is 0 Å². The minimum absolute atomic E-state index is 0.795. The third-order valence-corrected chi connectivity index (χ3v) is 1.11. The molecule has 0 saturated heterocycles. The third kappa shape index (κ3) is 5.28. The molecule has 52 valence electrons. The Kier molecular flexibility index (Phi) is 4.02. The van der Waals surface area contributed by atoms with E-state index >= 15 is 0 Å². The first-order valence-corrected chi connectivity index (χ1v) is 3.02. The molecule has 0 atom stereocenters. The molecule has 0 fully saturated rings. The van der Waals surface area contributed by atoms with Gasteiger partial charge < -0.3 is 4.90 Å². The van der Waals surface area contributed by atoms with Gasteiger partial charge in [-0.15, -0.1) is 0 Å². The lowest BCUT2D eigenvalue weighted by Gasteiger charge is -2.06. The van der Waals surface area contributed by atoms with Gasteiger partial charge >= 0.3 is 0 Å². The molecule has 0 saturated carbocycles. The van der Waals surface area contributed by atoms with Crippen molar-refractivity contribution < 1.29 is 4.79 Å². The number of hydrogen-bond donors (Lipinski definition) is 0. The van der Waals surface area contributed by atoms with Gasteiger partial charge in [0.15, 0.2) is 0 Å². The van der Waals surface area contributed by atoms with Gasteiger partial charge in [0.05, 0.1) is 0 Å². The summed E-state index contributed by atoms with van der Waals surface area (Å²) in [6.07, 6.45) is 0.830. The van der Waals surface area contributed by atoms with Crippen LogP contribution in [0.1, 0.15) is 13.3 Å². The number of carbonyl (C=O) groups excluding carboxylic acids is 1. The largest absolute Gasteiger partial charge is 0.309 e. The van der Waals surface area contributed by atoms with Gasteiger partial charge in [0.25, 0.3) is 0 Å². The minimum atomic E-state index is 0.795. The average Bonchev–Trinajstić information content (AvgIpc) is 1.83. The van der Waals surface area contributed by atoms with Crippen LogP contribution < -0.4 is 0 Å². The Bertz CT molecular complexity index is 123. The van der Waals surface area contributed by atoms with Crippen molar-refractivity contribution in [3.05, 3.63) is 5.57 Å². The normalized spacial score (nSPS) is 9.33. The Morgan fingerprint density at radius 3 is 2.44 bits per heavy atom. The van der Waals surface area contributed by atoms with Crippen molar-refractivity contribution in [2.45, 2.75) is 13.3 Å². The topological polar surface area (TPSA) is 20.3 Å². The SMILES string of the molecule is CC(=C=O)CCN(C)C. The van der Waals surface area contributed by atoms with Gasteiger partial charge in [0.1, 0.15) is 5.94 Å². The van der Waals surface area contributed by atoms with Gasteiger partial charge in [0, 0.05) is 12.1 Å². The van der Waals surface area contributed by atoms with Crippen LogP contribution in [0.3, 0.4) is 0 Å². The Hall–Kier alpha value is -0.590. The smallest absolute Gasteiger partial charge is 0.123 e. The van der Waals surface area contributed by atoms with Crippen LogP contribution in [0.4, 0.5) is 0 Å². The molecule has 0 rings (SSSR count). The molecule has 0 N–H and O–H groups in total. The van der Waals surface area contributed by atoms with Crippen molar-refractivity contribution in [3.63, 3.8) is 0 Å². The second-order valence-electron chi connectivity index (χ2n) is 2.44. The molecule has 9 heavy (non-hydrogen) atoms. The highest BCUT2D eigenvalue weighted by molar-refractivity contribution is 5.51. The molecular formula is C7H13NO. The summed E-state index contributed by atoms with van der Waals surface area (Å²) in [6.45, 7) is 2.73. The number of hydrogen-bond acceptors (Lipinski definition) is 2. The standard InChI is InChI=1S/C7H13NO/c1-7(6-9)4-5-8(2)3/h4-5H2,1-3H3. The summed E-state index contributed by atoms with van der Waals surface area (Å²) in [5, 5.41) is 0. The van der Waals surface area contributed by atoms with E-state index in [1.807, 2.05) is 24.9 Å². The van der Waals surface area contributed by atoms with E-state index < -0.39 is 0 Å². The highest BCUT2D eigenvalue weighted by atomic mass is 16.1. The van der Waals surface area contributed by atoms with Crippen molar-refractivity contribution in [1.29, 1.82) is 0 Å². The zero-order valence-electron chi connectivity index (χ0n) is 6.27. The van der Waals surface area contributed by atoms with Gasteiger partial charge in [-0.1, -0.05) is 0 Å². The summed E-state index contributed by atoms with van der Waals surface area (Å²) < 4.78 is 0.